The highest BCUT2D eigenvalue weighted by Crippen LogP contribution is 2.46. The Bertz CT molecular complexity index is 1400. The maximum absolute atomic E-state index is 5.93. The number of benzene rings is 2. The minimum absolute atomic E-state index is 0.139. The van der Waals surface area contributed by atoms with Crippen LogP contribution in [0, 0.1) is 20.8 Å². The van der Waals surface area contributed by atoms with Crippen molar-refractivity contribution >= 4 is 23.0 Å². The number of nitrogens with one attached hydrogen (secondary N) is 1. The van der Waals surface area contributed by atoms with Crippen LogP contribution in [0.25, 0.3) is 5.69 Å². The van der Waals surface area contributed by atoms with Crippen LogP contribution in [0.15, 0.2) is 72.9 Å². The largest absolute Gasteiger partial charge is 0.497 e. The standard InChI is InChI=1S/C29H30N4O2S/c1-18-9-11-21(12-10-18)32-19(2)16-23(20(32)3)28-27(24-8-6-7-15-30-24)31-29(36)33(28)25-14-13-22(34-4)17-26(25)35-5/h6-17,27-28H,1-5H3,(H,31,36)/t27-,28-/m1/s1. The molecule has 0 bridgehead atoms. The molecule has 0 amide bonds. The molecule has 6 nitrogen and oxygen atoms in total. The van der Waals surface area contributed by atoms with Crippen molar-refractivity contribution in [2.75, 3.05) is 19.1 Å². The number of rotatable bonds is 6. The van der Waals surface area contributed by atoms with E-state index in [1.807, 2.05) is 42.6 Å². The Morgan fingerprint density at radius 2 is 1.69 bits per heavy atom. The zero-order valence-electron chi connectivity index (χ0n) is 21.1. The third-order valence-corrected chi connectivity index (χ3v) is 7.14. The molecule has 7 heteroatoms. The molecule has 1 N–H and O–H groups in total. The molecule has 5 rings (SSSR count). The zero-order valence-corrected chi connectivity index (χ0v) is 22.0. The summed E-state index contributed by atoms with van der Waals surface area (Å²) in [4.78, 5) is 6.84. The Balaban J connectivity index is 1.69. The first-order valence-corrected chi connectivity index (χ1v) is 12.3. The molecule has 2 aromatic carbocycles. The third-order valence-electron chi connectivity index (χ3n) is 6.83. The van der Waals surface area contributed by atoms with Crippen molar-refractivity contribution < 1.29 is 9.47 Å². The van der Waals surface area contributed by atoms with E-state index in [2.05, 4.69) is 70.9 Å². The van der Waals surface area contributed by atoms with Gasteiger partial charge in [-0.3, -0.25) is 4.98 Å². The Labute approximate surface area is 217 Å². The van der Waals surface area contributed by atoms with Crippen LogP contribution in [0.3, 0.4) is 0 Å². The van der Waals surface area contributed by atoms with Crippen molar-refractivity contribution in [3.05, 3.63) is 101 Å². The van der Waals surface area contributed by atoms with E-state index in [1.165, 1.54) is 11.1 Å². The molecule has 36 heavy (non-hydrogen) atoms. The molecule has 184 valence electrons. The Morgan fingerprint density at radius 1 is 0.917 bits per heavy atom. The molecule has 0 spiro atoms. The summed E-state index contributed by atoms with van der Waals surface area (Å²) in [5, 5.41) is 4.17. The number of anilines is 1. The normalized spacial score (nSPS) is 17.2. The highest BCUT2D eigenvalue weighted by Gasteiger charge is 2.43. The van der Waals surface area contributed by atoms with Gasteiger partial charge in [0.25, 0.3) is 0 Å². The van der Waals surface area contributed by atoms with Crippen molar-refractivity contribution in [2.45, 2.75) is 32.9 Å². The summed E-state index contributed by atoms with van der Waals surface area (Å²) in [7, 11) is 3.32. The fourth-order valence-corrected chi connectivity index (χ4v) is 5.43. The van der Waals surface area contributed by atoms with Crippen molar-refractivity contribution in [1.29, 1.82) is 0 Å². The maximum Gasteiger partial charge on any atom is 0.174 e. The number of thiocarbonyl (C=S) groups is 1. The van der Waals surface area contributed by atoms with E-state index >= 15 is 0 Å². The molecule has 0 saturated carbocycles. The third kappa shape index (κ3) is 4.09. The van der Waals surface area contributed by atoms with Gasteiger partial charge < -0.3 is 24.3 Å². The lowest BCUT2D eigenvalue weighted by molar-refractivity contribution is 0.394. The predicted molar refractivity (Wildman–Crippen MR) is 147 cm³/mol. The van der Waals surface area contributed by atoms with Crippen LogP contribution >= 0.6 is 12.2 Å². The topological polar surface area (TPSA) is 51.5 Å². The first-order chi connectivity index (χ1) is 17.4. The van der Waals surface area contributed by atoms with Gasteiger partial charge in [-0.25, -0.2) is 0 Å². The second kappa shape index (κ2) is 9.66. The second-order valence-electron chi connectivity index (χ2n) is 9.03. The van der Waals surface area contributed by atoms with Gasteiger partial charge in [-0.05, 0) is 81.0 Å². The van der Waals surface area contributed by atoms with E-state index in [9.17, 15) is 0 Å². The van der Waals surface area contributed by atoms with Gasteiger partial charge in [-0.1, -0.05) is 23.8 Å². The average Bonchev–Trinajstić information content (AvgIpc) is 3.39. The smallest absolute Gasteiger partial charge is 0.174 e. The van der Waals surface area contributed by atoms with Crippen LogP contribution in [-0.2, 0) is 0 Å². The van der Waals surface area contributed by atoms with Gasteiger partial charge in [0.05, 0.1) is 37.7 Å². The molecule has 2 aromatic heterocycles. The minimum Gasteiger partial charge on any atom is -0.497 e. The average molecular weight is 499 g/mol. The van der Waals surface area contributed by atoms with E-state index < -0.39 is 0 Å². The fourth-order valence-electron chi connectivity index (χ4n) is 5.09. The molecule has 0 radical (unpaired) electrons. The van der Waals surface area contributed by atoms with Crippen molar-refractivity contribution in [2.24, 2.45) is 0 Å². The number of nitrogens with zero attached hydrogens (tertiary/aromatic N) is 3. The summed E-state index contributed by atoms with van der Waals surface area (Å²) >= 11 is 5.93. The number of hydrogen-bond acceptors (Lipinski definition) is 4. The Kier molecular flexibility index (Phi) is 6.41. The van der Waals surface area contributed by atoms with Crippen molar-refractivity contribution in [3.63, 3.8) is 0 Å². The second-order valence-corrected chi connectivity index (χ2v) is 9.42. The monoisotopic (exact) mass is 498 g/mol. The van der Waals surface area contributed by atoms with Crippen LogP contribution in [-0.4, -0.2) is 28.9 Å². The van der Waals surface area contributed by atoms with E-state index in [0.717, 1.165) is 34.2 Å². The molecule has 4 aromatic rings. The van der Waals surface area contributed by atoms with Crippen LogP contribution in [0.5, 0.6) is 11.5 Å². The van der Waals surface area contributed by atoms with E-state index in [4.69, 9.17) is 21.7 Å². The summed E-state index contributed by atoms with van der Waals surface area (Å²) in [5.41, 5.74) is 7.67. The van der Waals surface area contributed by atoms with Gasteiger partial charge >= 0.3 is 0 Å². The lowest BCUT2D eigenvalue weighted by atomic mass is 9.96. The lowest BCUT2D eigenvalue weighted by Gasteiger charge is -2.29. The van der Waals surface area contributed by atoms with Gasteiger partial charge in [0.2, 0.25) is 0 Å². The molecular weight excluding hydrogens is 468 g/mol. The van der Waals surface area contributed by atoms with Crippen LogP contribution in [0.2, 0.25) is 0 Å². The van der Waals surface area contributed by atoms with E-state index in [0.29, 0.717) is 10.9 Å². The summed E-state index contributed by atoms with van der Waals surface area (Å²) in [6.07, 6.45) is 1.82. The van der Waals surface area contributed by atoms with Crippen molar-refractivity contribution in [3.8, 4) is 17.2 Å². The minimum atomic E-state index is -0.141. The van der Waals surface area contributed by atoms with Crippen LogP contribution in [0.4, 0.5) is 5.69 Å². The van der Waals surface area contributed by atoms with E-state index in [-0.39, 0.29) is 12.1 Å². The number of aryl methyl sites for hydroxylation is 2. The van der Waals surface area contributed by atoms with E-state index in [1.54, 1.807) is 14.2 Å². The predicted octanol–water partition coefficient (Wildman–Crippen LogP) is 5.99. The Hall–Kier alpha value is -3.84. The van der Waals surface area contributed by atoms with Crippen LogP contribution in [0.1, 0.15) is 40.3 Å². The fraction of sp³-hybridized carbons (Fsp3) is 0.241. The summed E-state index contributed by atoms with van der Waals surface area (Å²) in [5.74, 6) is 1.42. The quantitative estimate of drug-likeness (QED) is 0.330. The Morgan fingerprint density at radius 3 is 2.36 bits per heavy atom. The molecule has 0 aliphatic carbocycles. The molecule has 1 saturated heterocycles. The van der Waals surface area contributed by atoms with Crippen molar-refractivity contribution in [1.82, 2.24) is 14.9 Å². The van der Waals surface area contributed by atoms with Gasteiger partial charge in [0, 0.05) is 29.3 Å². The number of methoxy groups -OCH3 is 2. The number of aromatic nitrogens is 2. The first kappa shape index (κ1) is 23.9. The molecule has 0 unspecified atom stereocenters. The highest BCUT2D eigenvalue weighted by atomic mass is 32.1. The van der Waals surface area contributed by atoms with Crippen LogP contribution < -0.4 is 19.7 Å². The summed E-state index contributed by atoms with van der Waals surface area (Å²) in [6.45, 7) is 6.42. The summed E-state index contributed by atoms with van der Waals surface area (Å²) < 4.78 is 13.5. The van der Waals surface area contributed by atoms with Gasteiger partial charge in [0.15, 0.2) is 5.11 Å². The lowest BCUT2D eigenvalue weighted by Crippen LogP contribution is -2.30. The SMILES string of the molecule is COc1ccc(N2C(=S)N[C@H](c3ccccn3)[C@H]2c2cc(C)n(-c3ccc(C)cc3)c2C)c(OC)c1. The number of hydrogen-bond donors (Lipinski definition) is 1. The molecule has 3 heterocycles. The highest BCUT2D eigenvalue weighted by molar-refractivity contribution is 7.80. The number of ether oxygens (including phenoxy) is 2. The molecule has 2 atom stereocenters. The van der Waals surface area contributed by atoms with Gasteiger partial charge in [0.1, 0.15) is 11.5 Å². The maximum atomic E-state index is 5.93. The van der Waals surface area contributed by atoms with Gasteiger partial charge in [-0.2, -0.15) is 0 Å². The zero-order chi connectivity index (χ0) is 25.4. The number of pyridine rings is 1. The first-order valence-electron chi connectivity index (χ1n) is 11.9. The summed E-state index contributed by atoms with van der Waals surface area (Å²) in [6, 6.07) is 22.4. The molecule has 1 fully saturated rings. The molecule has 1 aliphatic rings. The van der Waals surface area contributed by atoms with Gasteiger partial charge in [-0.15, -0.1) is 0 Å². The molecule has 1 aliphatic heterocycles. The molecular formula is C29H30N4O2S.